The molecule has 0 atom stereocenters. The number of rotatable bonds is 2. The molecule has 2 nitrogen and oxygen atoms in total. The normalized spacial score (nSPS) is 10.5. The number of hydrogen-bond acceptors (Lipinski definition) is 1. The molecule has 0 radical (unpaired) electrons. The van der Waals surface area contributed by atoms with Crippen molar-refractivity contribution in [3.8, 4) is 11.1 Å². The van der Waals surface area contributed by atoms with E-state index < -0.39 is 0 Å². The Hall–Kier alpha value is -1.54. The summed E-state index contributed by atoms with van der Waals surface area (Å²) in [5.74, 6) is 0.520. The van der Waals surface area contributed by atoms with Crippen molar-refractivity contribution in [1.82, 2.24) is 4.57 Å². The van der Waals surface area contributed by atoms with Gasteiger partial charge in [0.1, 0.15) is 0 Å². The molecule has 0 spiro atoms. The van der Waals surface area contributed by atoms with Crippen molar-refractivity contribution in [3.63, 3.8) is 0 Å². The first-order valence-electron chi connectivity index (χ1n) is 5.44. The van der Waals surface area contributed by atoms with E-state index in [1.165, 1.54) is 0 Å². The second kappa shape index (κ2) is 4.76. The van der Waals surface area contributed by atoms with Crippen LogP contribution in [0.1, 0.15) is 11.1 Å². The summed E-state index contributed by atoms with van der Waals surface area (Å²) in [6.45, 7) is 1.83. The molecule has 17 heavy (non-hydrogen) atoms. The number of pyridine rings is 1. The largest absolute Gasteiger partial charge is 0.318 e. The molecule has 0 saturated heterocycles. The minimum absolute atomic E-state index is 0.0473. The lowest BCUT2D eigenvalue weighted by molar-refractivity contribution is 0.850. The van der Waals surface area contributed by atoms with E-state index >= 15 is 0 Å². The smallest absolute Gasteiger partial charge is 0.253 e. The molecular formula is C14H14ClNO. The third-order valence-corrected chi connectivity index (χ3v) is 3.11. The predicted octanol–water partition coefficient (Wildman–Crippen LogP) is 3.10. The molecule has 1 aromatic heterocycles. The molecule has 2 rings (SSSR count). The molecule has 3 heteroatoms. The van der Waals surface area contributed by atoms with Gasteiger partial charge in [-0.25, -0.2) is 0 Å². The van der Waals surface area contributed by atoms with Crippen LogP contribution in [0.15, 0.2) is 41.3 Å². The third kappa shape index (κ3) is 2.42. The highest BCUT2D eigenvalue weighted by Crippen LogP contribution is 2.19. The summed E-state index contributed by atoms with van der Waals surface area (Å²) in [6.07, 6.45) is 1.85. The maximum atomic E-state index is 11.6. The van der Waals surface area contributed by atoms with E-state index in [0.29, 0.717) is 5.88 Å². The third-order valence-electron chi connectivity index (χ3n) is 2.80. The molecule has 0 fully saturated rings. The van der Waals surface area contributed by atoms with E-state index in [4.69, 9.17) is 11.6 Å². The molecule has 0 unspecified atom stereocenters. The number of aromatic nitrogens is 1. The SMILES string of the molecule is Cc1cc(-c2ccc(CCl)cc2)cn(C)c1=O. The van der Waals surface area contributed by atoms with Crippen molar-refractivity contribution < 1.29 is 0 Å². The van der Waals surface area contributed by atoms with Crippen molar-refractivity contribution >= 4 is 11.6 Å². The predicted molar refractivity (Wildman–Crippen MR) is 71.4 cm³/mol. The first kappa shape index (κ1) is 11.9. The summed E-state index contributed by atoms with van der Waals surface area (Å²) in [5.41, 5.74) is 4.04. The Morgan fingerprint density at radius 1 is 1.18 bits per heavy atom. The average molecular weight is 248 g/mol. The second-order valence-corrected chi connectivity index (χ2v) is 4.43. The molecule has 0 aliphatic rings. The minimum Gasteiger partial charge on any atom is -0.318 e. The van der Waals surface area contributed by atoms with Crippen LogP contribution in [0, 0.1) is 6.92 Å². The van der Waals surface area contributed by atoms with Gasteiger partial charge in [-0.3, -0.25) is 4.79 Å². The standard InChI is InChI=1S/C14H14ClNO/c1-10-7-13(9-16(2)14(10)17)12-5-3-11(8-15)4-6-12/h3-7,9H,8H2,1-2H3. The van der Waals surface area contributed by atoms with E-state index in [9.17, 15) is 4.79 Å². The molecule has 0 N–H and O–H groups in total. The lowest BCUT2D eigenvalue weighted by atomic mass is 10.0. The first-order valence-corrected chi connectivity index (χ1v) is 5.98. The summed E-state index contributed by atoms with van der Waals surface area (Å²) in [4.78, 5) is 11.6. The highest BCUT2D eigenvalue weighted by atomic mass is 35.5. The maximum absolute atomic E-state index is 11.6. The van der Waals surface area contributed by atoms with Crippen molar-refractivity contribution in [2.45, 2.75) is 12.8 Å². The number of benzene rings is 1. The number of alkyl halides is 1. The Bertz CT molecular complexity index is 558. The average Bonchev–Trinajstić information content (AvgIpc) is 2.35. The summed E-state index contributed by atoms with van der Waals surface area (Å²) in [6, 6.07) is 9.97. The Morgan fingerprint density at radius 2 is 1.82 bits per heavy atom. The van der Waals surface area contributed by atoms with Gasteiger partial charge in [0, 0.05) is 24.7 Å². The summed E-state index contributed by atoms with van der Waals surface area (Å²) in [5, 5.41) is 0. The van der Waals surface area contributed by atoms with Crippen LogP contribution in [-0.4, -0.2) is 4.57 Å². The van der Waals surface area contributed by atoms with Crippen LogP contribution in [-0.2, 0) is 12.9 Å². The van der Waals surface area contributed by atoms with E-state index in [1.54, 1.807) is 11.6 Å². The second-order valence-electron chi connectivity index (χ2n) is 4.16. The Labute approximate surface area is 105 Å². The molecule has 0 bridgehead atoms. The van der Waals surface area contributed by atoms with Crippen molar-refractivity contribution in [2.75, 3.05) is 0 Å². The highest BCUT2D eigenvalue weighted by molar-refractivity contribution is 6.17. The molecule has 0 aliphatic carbocycles. The number of halogens is 1. The number of aryl methyl sites for hydroxylation is 2. The molecule has 0 saturated carbocycles. The van der Waals surface area contributed by atoms with Gasteiger partial charge in [0.25, 0.3) is 5.56 Å². The van der Waals surface area contributed by atoms with E-state index in [2.05, 4.69) is 0 Å². The van der Waals surface area contributed by atoms with Crippen LogP contribution < -0.4 is 5.56 Å². The van der Waals surface area contributed by atoms with Gasteiger partial charge in [0.05, 0.1) is 0 Å². The fourth-order valence-corrected chi connectivity index (χ4v) is 2.00. The minimum atomic E-state index is 0.0473. The zero-order chi connectivity index (χ0) is 12.4. The Morgan fingerprint density at radius 3 is 2.35 bits per heavy atom. The zero-order valence-electron chi connectivity index (χ0n) is 9.90. The van der Waals surface area contributed by atoms with Gasteiger partial charge in [-0.05, 0) is 29.7 Å². The lowest BCUT2D eigenvalue weighted by Crippen LogP contribution is -2.18. The van der Waals surface area contributed by atoms with Crippen LogP contribution >= 0.6 is 11.6 Å². The number of nitrogens with zero attached hydrogens (tertiary/aromatic N) is 1. The van der Waals surface area contributed by atoms with Gasteiger partial charge in [-0.15, -0.1) is 11.6 Å². The lowest BCUT2D eigenvalue weighted by Gasteiger charge is -2.06. The summed E-state index contributed by atoms with van der Waals surface area (Å²) >= 11 is 5.75. The van der Waals surface area contributed by atoms with Gasteiger partial charge in [-0.2, -0.15) is 0 Å². The topological polar surface area (TPSA) is 22.0 Å². The van der Waals surface area contributed by atoms with Crippen LogP contribution in [0.25, 0.3) is 11.1 Å². The fourth-order valence-electron chi connectivity index (χ4n) is 1.82. The van der Waals surface area contributed by atoms with Crippen molar-refractivity contribution in [2.24, 2.45) is 7.05 Å². The molecule has 2 aromatic rings. The summed E-state index contributed by atoms with van der Waals surface area (Å²) in [7, 11) is 1.77. The van der Waals surface area contributed by atoms with Crippen molar-refractivity contribution in [3.05, 3.63) is 58.0 Å². The molecule has 0 aliphatic heterocycles. The molecule has 88 valence electrons. The first-order chi connectivity index (χ1) is 8.11. The Kier molecular flexibility index (Phi) is 3.34. The van der Waals surface area contributed by atoms with Crippen LogP contribution in [0.5, 0.6) is 0 Å². The van der Waals surface area contributed by atoms with Gasteiger partial charge in [0.15, 0.2) is 0 Å². The summed E-state index contributed by atoms with van der Waals surface area (Å²) < 4.78 is 1.61. The van der Waals surface area contributed by atoms with E-state index in [0.717, 1.165) is 22.3 Å². The van der Waals surface area contributed by atoms with Gasteiger partial charge < -0.3 is 4.57 Å². The maximum Gasteiger partial charge on any atom is 0.253 e. The van der Waals surface area contributed by atoms with Gasteiger partial charge in [0.2, 0.25) is 0 Å². The van der Waals surface area contributed by atoms with Gasteiger partial charge >= 0.3 is 0 Å². The Balaban J connectivity index is 2.49. The monoisotopic (exact) mass is 247 g/mol. The van der Waals surface area contributed by atoms with Crippen LogP contribution in [0.3, 0.4) is 0 Å². The quantitative estimate of drug-likeness (QED) is 0.748. The molecular weight excluding hydrogens is 234 g/mol. The van der Waals surface area contributed by atoms with E-state index in [1.807, 2.05) is 43.5 Å². The molecule has 0 amide bonds. The highest BCUT2D eigenvalue weighted by Gasteiger charge is 2.03. The van der Waals surface area contributed by atoms with E-state index in [-0.39, 0.29) is 5.56 Å². The zero-order valence-corrected chi connectivity index (χ0v) is 10.7. The van der Waals surface area contributed by atoms with Crippen LogP contribution in [0.2, 0.25) is 0 Å². The van der Waals surface area contributed by atoms with Crippen LogP contribution in [0.4, 0.5) is 0 Å². The number of hydrogen-bond donors (Lipinski definition) is 0. The van der Waals surface area contributed by atoms with Crippen molar-refractivity contribution in [1.29, 1.82) is 0 Å². The molecule has 1 aromatic carbocycles. The fraction of sp³-hybridized carbons (Fsp3) is 0.214. The molecule has 1 heterocycles. The van der Waals surface area contributed by atoms with Gasteiger partial charge in [-0.1, -0.05) is 24.3 Å².